The SMILES string of the molecule is Nc1n[nH]c(CC(=O)c2ccc(F)cc2)n1. The molecule has 1 heterocycles. The van der Waals surface area contributed by atoms with E-state index in [1.54, 1.807) is 0 Å². The first-order valence-corrected chi connectivity index (χ1v) is 4.60. The van der Waals surface area contributed by atoms with Crippen molar-refractivity contribution in [3.05, 3.63) is 41.5 Å². The molecule has 0 amide bonds. The fourth-order valence-corrected chi connectivity index (χ4v) is 1.28. The highest BCUT2D eigenvalue weighted by molar-refractivity contribution is 5.97. The first-order chi connectivity index (χ1) is 7.65. The van der Waals surface area contributed by atoms with Crippen LogP contribution in [0.4, 0.5) is 10.3 Å². The highest BCUT2D eigenvalue weighted by Crippen LogP contribution is 2.06. The molecule has 0 spiro atoms. The monoisotopic (exact) mass is 220 g/mol. The molecule has 0 radical (unpaired) electrons. The minimum atomic E-state index is -0.375. The summed E-state index contributed by atoms with van der Waals surface area (Å²) in [5.41, 5.74) is 5.73. The summed E-state index contributed by atoms with van der Waals surface area (Å²) in [6.45, 7) is 0. The van der Waals surface area contributed by atoms with Crippen molar-refractivity contribution in [3.63, 3.8) is 0 Å². The van der Waals surface area contributed by atoms with Crippen LogP contribution < -0.4 is 5.73 Å². The second-order valence-electron chi connectivity index (χ2n) is 3.25. The van der Waals surface area contributed by atoms with Gasteiger partial charge in [0.05, 0.1) is 6.42 Å². The molecule has 5 nitrogen and oxygen atoms in total. The van der Waals surface area contributed by atoms with Crippen molar-refractivity contribution in [1.82, 2.24) is 15.2 Å². The topological polar surface area (TPSA) is 84.7 Å². The van der Waals surface area contributed by atoms with Gasteiger partial charge >= 0.3 is 0 Å². The second kappa shape index (κ2) is 4.09. The number of aromatic nitrogens is 3. The maximum Gasteiger partial charge on any atom is 0.239 e. The lowest BCUT2D eigenvalue weighted by molar-refractivity contribution is 0.0991. The van der Waals surface area contributed by atoms with Gasteiger partial charge in [0.2, 0.25) is 5.95 Å². The third-order valence-corrected chi connectivity index (χ3v) is 2.04. The maximum absolute atomic E-state index is 12.6. The Morgan fingerprint density at radius 3 is 2.62 bits per heavy atom. The second-order valence-corrected chi connectivity index (χ2v) is 3.25. The number of Topliss-reactive ketones (excluding diaryl/α,β-unsaturated/α-hetero) is 1. The summed E-state index contributed by atoms with van der Waals surface area (Å²) < 4.78 is 12.6. The lowest BCUT2D eigenvalue weighted by atomic mass is 10.1. The summed E-state index contributed by atoms with van der Waals surface area (Å²) in [6.07, 6.45) is 0.0653. The Hall–Kier alpha value is -2.24. The van der Waals surface area contributed by atoms with Gasteiger partial charge in [0.1, 0.15) is 11.6 Å². The van der Waals surface area contributed by atoms with Crippen LogP contribution in [0, 0.1) is 5.82 Å². The van der Waals surface area contributed by atoms with Gasteiger partial charge in [0, 0.05) is 5.56 Å². The van der Waals surface area contributed by atoms with E-state index in [0.717, 1.165) is 0 Å². The van der Waals surface area contributed by atoms with E-state index in [2.05, 4.69) is 15.2 Å². The number of nitrogens with one attached hydrogen (secondary N) is 1. The molecular formula is C10H9FN4O. The van der Waals surface area contributed by atoms with Crippen molar-refractivity contribution in [2.45, 2.75) is 6.42 Å². The molecule has 82 valence electrons. The predicted molar refractivity (Wildman–Crippen MR) is 55.2 cm³/mol. The fraction of sp³-hybridized carbons (Fsp3) is 0.100. The van der Waals surface area contributed by atoms with Crippen LogP contribution in [0.2, 0.25) is 0 Å². The number of nitrogens with zero attached hydrogens (tertiary/aromatic N) is 2. The molecule has 0 unspecified atom stereocenters. The maximum atomic E-state index is 12.6. The lowest BCUT2D eigenvalue weighted by Gasteiger charge is -1.97. The number of carbonyl (C=O) groups excluding carboxylic acids is 1. The van der Waals surface area contributed by atoms with Crippen molar-refractivity contribution in [3.8, 4) is 0 Å². The third-order valence-electron chi connectivity index (χ3n) is 2.04. The molecule has 0 fully saturated rings. The molecule has 2 aromatic rings. The van der Waals surface area contributed by atoms with E-state index >= 15 is 0 Å². The Morgan fingerprint density at radius 1 is 1.38 bits per heavy atom. The number of hydrogen-bond acceptors (Lipinski definition) is 4. The van der Waals surface area contributed by atoms with Crippen LogP contribution in [-0.2, 0) is 6.42 Å². The van der Waals surface area contributed by atoms with Crippen LogP contribution in [0.25, 0.3) is 0 Å². The van der Waals surface area contributed by atoms with Crippen LogP contribution in [0.1, 0.15) is 16.2 Å². The van der Waals surface area contributed by atoms with Crippen LogP contribution >= 0.6 is 0 Å². The number of nitrogen functional groups attached to an aromatic ring is 1. The van der Waals surface area contributed by atoms with E-state index in [1.807, 2.05) is 0 Å². The van der Waals surface area contributed by atoms with Crippen molar-refractivity contribution in [2.24, 2.45) is 0 Å². The molecule has 6 heteroatoms. The minimum absolute atomic E-state index is 0.0653. The van der Waals surface area contributed by atoms with Crippen LogP contribution in [0.3, 0.4) is 0 Å². The number of aromatic amines is 1. The first-order valence-electron chi connectivity index (χ1n) is 4.60. The molecule has 1 aromatic heterocycles. The van der Waals surface area contributed by atoms with E-state index in [-0.39, 0.29) is 24.0 Å². The zero-order valence-electron chi connectivity index (χ0n) is 8.27. The average molecular weight is 220 g/mol. The summed E-state index contributed by atoms with van der Waals surface area (Å²) in [4.78, 5) is 15.5. The highest BCUT2D eigenvalue weighted by atomic mass is 19.1. The Balaban J connectivity index is 2.11. The lowest BCUT2D eigenvalue weighted by Crippen LogP contribution is -2.05. The van der Waals surface area contributed by atoms with E-state index in [4.69, 9.17) is 5.73 Å². The van der Waals surface area contributed by atoms with E-state index < -0.39 is 0 Å². The number of anilines is 1. The Bertz CT molecular complexity index is 506. The van der Waals surface area contributed by atoms with Gasteiger partial charge in [-0.2, -0.15) is 4.98 Å². The van der Waals surface area contributed by atoms with Gasteiger partial charge in [0.15, 0.2) is 5.78 Å². The van der Waals surface area contributed by atoms with Gasteiger partial charge in [-0.1, -0.05) is 0 Å². The normalized spacial score (nSPS) is 10.3. The molecule has 0 saturated carbocycles. The van der Waals surface area contributed by atoms with Gasteiger partial charge in [-0.15, -0.1) is 5.10 Å². The molecule has 0 aliphatic rings. The number of rotatable bonds is 3. The van der Waals surface area contributed by atoms with Gasteiger partial charge < -0.3 is 5.73 Å². The van der Waals surface area contributed by atoms with Crippen molar-refractivity contribution in [2.75, 3.05) is 5.73 Å². The molecule has 0 aliphatic heterocycles. The van der Waals surface area contributed by atoms with Gasteiger partial charge in [-0.3, -0.25) is 9.89 Å². The summed E-state index contributed by atoms with van der Waals surface area (Å²) in [5, 5.41) is 6.14. The largest absolute Gasteiger partial charge is 0.367 e. The third kappa shape index (κ3) is 2.22. The van der Waals surface area contributed by atoms with Crippen LogP contribution in [0.15, 0.2) is 24.3 Å². The Morgan fingerprint density at radius 2 is 2.06 bits per heavy atom. The van der Waals surface area contributed by atoms with Gasteiger partial charge in [-0.25, -0.2) is 4.39 Å². The molecular weight excluding hydrogens is 211 g/mol. The summed E-state index contributed by atoms with van der Waals surface area (Å²) >= 11 is 0. The fourth-order valence-electron chi connectivity index (χ4n) is 1.28. The zero-order chi connectivity index (χ0) is 11.5. The summed E-state index contributed by atoms with van der Waals surface area (Å²) in [6, 6.07) is 5.33. The minimum Gasteiger partial charge on any atom is -0.367 e. The van der Waals surface area contributed by atoms with Gasteiger partial charge in [0.25, 0.3) is 0 Å². The molecule has 0 saturated heterocycles. The average Bonchev–Trinajstić information content (AvgIpc) is 2.65. The molecule has 2 rings (SSSR count). The van der Waals surface area contributed by atoms with Crippen LogP contribution in [-0.4, -0.2) is 21.0 Å². The smallest absolute Gasteiger partial charge is 0.239 e. The number of halogens is 1. The highest BCUT2D eigenvalue weighted by Gasteiger charge is 2.09. The number of carbonyl (C=O) groups is 1. The van der Waals surface area contributed by atoms with Crippen molar-refractivity contribution >= 4 is 11.7 Å². The number of hydrogen-bond donors (Lipinski definition) is 2. The van der Waals surface area contributed by atoms with E-state index in [0.29, 0.717) is 11.4 Å². The standard InChI is InChI=1S/C10H9FN4O/c11-7-3-1-6(2-4-7)8(16)5-9-13-10(12)15-14-9/h1-4H,5H2,(H3,12,13,14,15). The number of ketones is 1. The zero-order valence-corrected chi connectivity index (χ0v) is 8.27. The quantitative estimate of drug-likeness (QED) is 0.754. The predicted octanol–water partition coefficient (Wildman–Crippen LogP) is 0.951. The first kappa shape index (κ1) is 10.3. The number of nitrogens with two attached hydrogens (primary N) is 1. The molecule has 0 aliphatic carbocycles. The molecule has 0 atom stereocenters. The Kier molecular flexibility index (Phi) is 2.63. The van der Waals surface area contributed by atoms with Gasteiger partial charge in [-0.05, 0) is 24.3 Å². The molecule has 0 bridgehead atoms. The van der Waals surface area contributed by atoms with E-state index in [9.17, 15) is 9.18 Å². The van der Waals surface area contributed by atoms with Crippen molar-refractivity contribution in [1.29, 1.82) is 0 Å². The number of H-pyrrole nitrogens is 1. The van der Waals surface area contributed by atoms with Crippen LogP contribution in [0.5, 0.6) is 0 Å². The Labute approximate surface area is 90.5 Å². The molecule has 3 N–H and O–H groups in total. The number of benzene rings is 1. The van der Waals surface area contributed by atoms with E-state index in [1.165, 1.54) is 24.3 Å². The summed E-state index contributed by atoms with van der Waals surface area (Å²) in [5.74, 6) is -0.0506. The molecule has 1 aromatic carbocycles. The van der Waals surface area contributed by atoms with Crippen molar-refractivity contribution < 1.29 is 9.18 Å². The summed E-state index contributed by atoms with van der Waals surface area (Å²) in [7, 11) is 0. The molecule has 16 heavy (non-hydrogen) atoms.